The second kappa shape index (κ2) is 6.92. The molecule has 3 fully saturated rings. The number of rotatable bonds is 5. The highest BCUT2D eigenvalue weighted by molar-refractivity contribution is 5.62. The van der Waals surface area contributed by atoms with Crippen molar-refractivity contribution in [3.05, 3.63) is 59.2 Å². The molecule has 174 valence electrons. The molecule has 7 rings (SSSR count). The van der Waals surface area contributed by atoms with Crippen molar-refractivity contribution in [3.8, 4) is 11.5 Å². The molecule has 6 heteroatoms. The summed E-state index contributed by atoms with van der Waals surface area (Å²) < 4.78 is 45.4. The van der Waals surface area contributed by atoms with Gasteiger partial charge in [0.2, 0.25) is 0 Å². The van der Waals surface area contributed by atoms with Gasteiger partial charge in [0.25, 0.3) is 5.92 Å². The third-order valence-corrected chi connectivity index (χ3v) is 8.90. The SMILES string of the molecule is N[C@@H]1CCC2[C@H]3Cc4ccc(OCc5ccccc5)c5c4[C@@]2([C@H]1O5)C(F)(F)CN3CC1CC1. The number of halogens is 2. The fourth-order valence-electron chi connectivity index (χ4n) is 7.37. The molecule has 1 saturated heterocycles. The van der Waals surface area contributed by atoms with E-state index in [0.29, 0.717) is 29.6 Å². The molecule has 2 saturated carbocycles. The predicted octanol–water partition coefficient (Wildman–Crippen LogP) is 4.29. The van der Waals surface area contributed by atoms with Crippen molar-refractivity contribution in [2.75, 3.05) is 13.1 Å². The molecule has 2 bridgehead atoms. The Morgan fingerprint density at radius 1 is 1.06 bits per heavy atom. The quantitative estimate of drug-likeness (QED) is 0.736. The van der Waals surface area contributed by atoms with Gasteiger partial charge in [-0.2, -0.15) is 0 Å². The minimum absolute atomic E-state index is 0.136. The largest absolute Gasteiger partial charge is 0.485 e. The number of hydrogen-bond acceptors (Lipinski definition) is 4. The fraction of sp³-hybridized carbons (Fsp3) is 0.556. The van der Waals surface area contributed by atoms with E-state index in [9.17, 15) is 0 Å². The van der Waals surface area contributed by atoms with Crippen LogP contribution >= 0.6 is 0 Å². The zero-order valence-corrected chi connectivity index (χ0v) is 18.7. The van der Waals surface area contributed by atoms with E-state index < -0.39 is 23.5 Å². The second-order valence-corrected chi connectivity index (χ2v) is 10.8. The van der Waals surface area contributed by atoms with E-state index in [1.54, 1.807) is 0 Å². The van der Waals surface area contributed by atoms with Crippen molar-refractivity contribution in [2.45, 2.75) is 68.2 Å². The Kier molecular flexibility index (Phi) is 4.24. The molecule has 0 radical (unpaired) electrons. The molecular weight excluding hydrogens is 422 g/mol. The maximum absolute atomic E-state index is 16.4. The summed E-state index contributed by atoms with van der Waals surface area (Å²) in [5.41, 5.74) is 7.90. The molecule has 5 aliphatic rings. The van der Waals surface area contributed by atoms with Crippen LogP contribution in [0.15, 0.2) is 42.5 Å². The van der Waals surface area contributed by atoms with Gasteiger partial charge in [-0.15, -0.1) is 0 Å². The van der Waals surface area contributed by atoms with Crippen molar-refractivity contribution >= 4 is 0 Å². The zero-order valence-electron chi connectivity index (χ0n) is 18.7. The summed E-state index contributed by atoms with van der Waals surface area (Å²) >= 11 is 0. The number of likely N-dealkylation sites (tertiary alicyclic amines) is 1. The number of alkyl halides is 2. The summed E-state index contributed by atoms with van der Waals surface area (Å²) in [6, 6.07) is 13.5. The number of hydrogen-bond donors (Lipinski definition) is 1. The van der Waals surface area contributed by atoms with Crippen molar-refractivity contribution in [3.63, 3.8) is 0 Å². The predicted molar refractivity (Wildman–Crippen MR) is 121 cm³/mol. The van der Waals surface area contributed by atoms with Gasteiger partial charge in [0, 0.05) is 24.2 Å². The molecule has 4 nitrogen and oxygen atoms in total. The highest BCUT2D eigenvalue weighted by Gasteiger charge is 2.76. The van der Waals surface area contributed by atoms with E-state index in [1.165, 1.54) is 12.8 Å². The Bertz CT molecular complexity index is 1090. The third kappa shape index (κ3) is 2.74. The molecule has 0 aromatic heterocycles. The van der Waals surface area contributed by atoms with Crippen molar-refractivity contribution < 1.29 is 18.3 Å². The molecule has 0 amide bonds. The molecule has 3 aliphatic carbocycles. The van der Waals surface area contributed by atoms with Gasteiger partial charge in [0.1, 0.15) is 18.1 Å². The van der Waals surface area contributed by atoms with Crippen LogP contribution in [0, 0.1) is 11.8 Å². The first-order chi connectivity index (χ1) is 16.0. The van der Waals surface area contributed by atoms with Gasteiger partial charge in [-0.25, -0.2) is 8.78 Å². The van der Waals surface area contributed by atoms with Crippen molar-refractivity contribution in [1.29, 1.82) is 0 Å². The summed E-state index contributed by atoms with van der Waals surface area (Å²) in [5.74, 6) is -1.37. The van der Waals surface area contributed by atoms with E-state index in [0.717, 1.165) is 36.9 Å². The monoisotopic (exact) mass is 452 g/mol. The van der Waals surface area contributed by atoms with Crippen LogP contribution in [-0.2, 0) is 18.4 Å². The Balaban J connectivity index is 1.34. The summed E-state index contributed by atoms with van der Waals surface area (Å²) in [4.78, 5) is 2.11. The van der Waals surface area contributed by atoms with Crippen LogP contribution in [0.5, 0.6) is 11.5 Å². The average Bonchev–Trinajstić information content (AvgIpc) is 3.54. The second-order valence-electron chi connectivity index (χ2n) is 10.8. The number of nitrogens with two attached hydrogens (primary N) is 1. The van der Waals surface area contributed by atoms with E-state index in [-0.39, 0.29) is 18.5 Å². The first-order valence-electron chi connectivity index (χ1n) is 12.4. The van der Waals surface area contributed by atoms with Gasteiger partial charge in [-0.05, 0) is 61.1 Å². The Morgan fingerprint density at radius 3 is 2.67 bits per heavy atom. The Morgan fingerprint density at radius 2 is 1.88 bits per heavy atom. The molecule has 1 spiro atoms. The maximum atomic E-state index is 16.4. The van der Waals surface area contributed by atoms with E-state index in [2.05, 4.69) is 4.90 Å². The standard InChI is InChI=1S/C27H30F2N2O2/c28-26(29)15-31(13-16-6-7-16)21-12-18-8-11-22(32-14-17-4-2-1-3-5-17)24-23(18)27(26)19(21)9-10-20(30)25(27)33-24/h1-5,8,11,16,19-21,25H,6-7,9-10,12-15,30H2/t19?,20-,21-,25+,27+/m1/s1. The number of nitrogens with zero attached hydrogens (tertiary/aromatic N) is 1. The molecule has 2 aromatic carbocycles. The summed E-state index contributed by atoms with van der Waals surface area (Å²) in [5, 5.41) is 0. The number of ether oxygens (including phenoxy) is 2. The van der Waals surface area contributed by atoms with Crippen LogP contribution in [-0.4, -0.2) is 42.1 Å². The van der Waals surface area contributed by atoms with Gasteiger partial charge >= 0.3 is 0 Å². The molecule has 5 atom stereocenters. The van der Waals surface area contributed by atoms with E-state index in [1.807, 2.05) is 42.5 Å². The van der Waals surface area contributed by atoms with Crippen molar-refractivity contribution in [1.82, 2.24) is 4.90 Å². The molecule has 1 unspecified atom stereocenters. The van der Waals surface area contributed by atoms with E-state index >= 15 is 8.78 Å². The van der Waals surface area contributed by atoms with Gasteiger partial charge in [0.15, 0.2) is 11.5 Å². The summed E-state index contributed by atoms with van der Waals surface area (Å²) in [7, 11) is 0. The number of benzene rings is 2. The molecule has 2 heterocycles. The third-order valence-electron chi connectivity index (χ3n) is 8.90. The topological polar surface area (TPSA) is 47.7 Å². The van der Waals surface area contributed by atoms with Crippen LogP contribution in [0.2, 0.25) is 0 Å². The van der Waals surface area contributed by atoms with Gasteiger partial charge in [0.05, 0.1) is 6.54 Å². The Labute approximate surface area is 193 Å². The maximum Gasteiger partial charge on any atom is 0.274 e. The fourth-order valence-corrected chi connectivity index (χ4v) is 7.37. The summed E-state index contributed by atoms with van der Waals surface area (Å²) in [6.45, 7) is 0.980. The minimum Gasteiger partial charge on any atom is -0.485 e. The van der Waals surface area contributed by atoms with Gasteiger partial charge in [-0.3, -0.25) is 4.90 Å². The lowest BCUT2D eigenvalue weighted by molar-refractivity contribution is -0.215. The zero-order chi connectivity index (χ0) is 22.4. The normalized spacial score (nSPS) is 35.6. The smallest absolute Gasteiger partial charge is 0.274 e. The molecule has 2 aliphatic heterocycles. The number of piperidine rings is 1. The van der Waals surface area contributed by atoms with Crippen LogP contribution in [0.3, 0.4) is 0 Å². The summed E-state index contributed by atoms with van der Waals surface area (Å²) in [6.07, 6.45) is 3.91. The molecule has 2 N–H and O–H groups in total. The Hall–Kier alpha value is -2.18. The average molecular weight is 453 g/mol. The lowest BCUT2D eigenvalue weighted by Crippen LogP contribution is -2.76. The first kappa shape index (κ1) is 20.2. The first-order valence-corrected chi connectivity index (χ1v) is 12.4. The van der Waals surface area contributed by atoms with E-state index in [4.69, 9.17) is 15.2 Å². The highest BCUT2D eigenvalue weighted by atomic mass is 19.3. The molecule has 33 heavy (non-hydrogen) atoms. The lowest BCUT2D eigenvalue weighted by Gasteiger charge is -2.62. The van der Waals surface area contributed by atoms with Crippen LogP contribution in [0.4, 0.5) is 8.78 Å². The van der Waals surface area contributed by atoms with Crippen LogP contribution < -0.4 is 15.2 Å². The highest BCUT2D eigenvalue weighted by Crippen LogP contribution is 2.67. The lowest BCUT2D eigenvalue weighted by atomic mass is 9.49. The van der Waals surface area contributed by atoms with Gasteiger partial charge in [-0.1, -0.05) is 36.4 Å². The van der Waals surface area contributed by atoms with Gasteiger partial charge < -0.3 is 15.2 Å². The molecule has 2 aromatic rings. The van der Waals surface area contributed by atoms with Crippen LogP contribution in [0.1, 0.15) is 42.4 Å². The molecular formula is C27H30F2N2O2. The van der Waals surface area contributed by atoms with Crippen LogP contribution in [0.25, 0.3) is 0 Å². The minimum atomic E-state index is -2.90. The van der Waals surface area contributed by atoms with Crippen molar-refractivity contribution in [2.24, 2.45) is 17.6 Å².